The van der Waals surface area contributed by atoms with Crippen LogP contribution in [0.2, 0.25) is 0 Å². The first kappa shape index (κ1) is 21.2. The molecule has 1 heterocycles. The number of halogens is 1. The van der Waals surface area contributed by atoms with E-state index in [1.54, 1.807) is 18.2 Å². The van der Waals surface area contributed by atoms with Crippen LogP contribution in [0.1, 0.15) is 28.5 Å². The van der Waals surface area contributed by atoms with Gasteiger partial charge in [-0.1, -0.05) is 70.5 Å². The third-order valence-corrected chi connectivity index (χ3v) is 6.60. The molecule has 0 saturated heterocycles. The van der Waals surface area contributed by atoms with Gasteiger partial charge in [0, 0.05) is 16.1 Å². The number of benzene rings is 3. The molecule has 5 rings (SSSR count). The molecular formula is C25H19BrN2O5. The topological polar surface area (TPSA) is 105 Å². The fourth-order valence-electron chi connectivity index (χ4n) is 4.65. The summed E-state index contributed by atoms with van der Waals surface area (Å²) in [4.78, 5) is 37.1. The highest BCUT2D eigenvalue weighted by Crippen LogP contribution is 2.44. The van der Waals surface area contributed by atoms with Crippen LogP contribution in [0, 0.1) is 0 Å². The molecule has 7 nitrogen and oxygen atoms in total. The third kappa shape index (κ3) is 3.76. The lowest BCUT2D eigenvalue weighted by Gasteiger charge is -2.21. The Labute approximate surface area is 197 Å². The summed E-state index contributed by atoms with van der Waals surface area (Å²) in [6, 6.07) is 19.5. The molecule has 1 aliphatic carbocycles. The van der Waals surface area contributed by atoms with Gasteiger partial charge in [-0.2, -0.15) is 0 Å². The van der Waals surface area contributed by atoms with E-state index >= 15 is 0 Å². The molecule has 3 aromatic carbocycles. The largest absolute Gasteiger partial charge is 0.480 e. The summed E-state index contributed by atoms with van der Waals surface area (Å²) in [5.41, 5.74) is 5.31. The molecule has 2 atom stereocenters. The van der Waals surface area contributed by atoms with Crippen LogP contribution in [-0.4, -0.2) is 35.7 Å². The molecule has 33 heavy (non-hydrogen) atoms. The maximum Gasteiger partial charge on any atom is 0.407 e. The van der Waals surface area contributed by atoms with E-state index in [4.69, 9.17) is 4.74 Å². The standard InChI is InChI=1S/C25H19BrN2O5/c26-13-9-10-18-20(11-13)27-23(29)21(18)22(24(30)31)28-25(32)33-12-19-16-7-3-1-5-14(16)15-6-2-4-8-17(15)19/h1-11,19,21-22H,12H2,(H,27,29)(H,28,32)(H,30,31). The summed E-state index contributed by atoms with van der Waals surface area (Å²) in [6.45, 7) is 0.0482. The molecule has 2 amide bonds. The molecule has 3 N–H and O–H groups in total. The van der Waals surface area contributed by atoms with E-state index in [1.807, 2.05) is 48.5 Å². The van der Waals surface area contributed by atoms with Crippen LogP contribution in [0.5, 0.6) is 0 Å². The monoisotopic (exact) mass is 506 g/mol. The van der Waals surface area contributed by atoms with E-state index in [1.165, 1.54) is 0 Å². The first-order valence-corrected chi connectivity index (χ1v) is 11.2. The van der Waals surface area contributed by atoms with Crippen LogP contribution < -0.4 is 10.6 Å². The van der Waals surface area contributed by atoms with Crippen LogP contribution >= 0.6 is 15.9 Å². The van der Waals surface area contributed by atoms with Crippen LogP contribution in [0.15, 0.2) is 71.2 Å². The average Bonchev–Trinajstić information content (AvgIpc) is 3.29. The van der Waals surface area contributed by atoms with Crippen molar-refractivity contribution < 1.29 is 24.2 Å². The minimum absolute atomic E-state index is 0.0482. The van der Waals surface area contributed by atoms with Gasteiger partial charge in [-0.15, -0.1) is 0 Å². The van der Waals surface area contributed by atoms with Crippen molar-refractivity contribution in [1.82, 2.24) is 5.32 Å². The van der Waals surface area contributed by atoms with Gasteiger partial charge < -0.3 is 20.5 Å². The lowest BCUT2D eigenvalue weighted by molar-refractivity contribution is -0.141. The van der Waals surface area contributed by atoms with Gasteiger partial charge in [0.1, 0.15) is 12.6 Å². The van der Waals surface area contributed by atoms with Crippen LogP contribution in [0.4, 0.5) is 10.5 Å². The zero-order chi connectivity index (χ0) is 23.1. The molecule has 0 radical (unpaired) electrons. The minimum atomic E-state index is -1.47. The number of carbonyl (C=O) groups is 3. The zero-order valence-electron chi connectivity index (χ0n) is 17.2. The highest BCUT2D eigenvalue weighted by molar-refractivity contribution is 9.10. The van der Waals surface area contributed by atoms with Gasteiger partial charge in [-0.3, -0.25) is 4.79 Å². The summed E-state index contributed by atoms with van der Waals surface area (Å²) < 4.78 is 6.22. The minimum Gasteiger partial charge on any atom is -0.480 e. The smallest absolute Gasteiger partial charge is 0.407 e. The van der Waals surface area contributed by atoms with Crippen molar-refractivity contribution in [3.63, 3.8) is 0 Å². The summed E-state index contributed by atoms with van der Waals surface area (Å²) >= 11 is 3.33. The molecular weight excluding hydrogens is 488 g/mol. The molecule has 1 aliphatic heterocycles. The second-order valence-electron chi connectivity index (χ2n) is 7.98. The van der Waals surface area contributed by atoms with Gasteiger partial charge >= 0.3 is 12.1 Å². The predicted octanol–water partition coefficient (Wildman–Crippen LogP) is 4.48. The fourth-order valence-corrected chi connectivity index (χ4v) is 5.01. The number of anilines is 1. The number of hydrogen-bond acceptors (Lipinski definition) is 4. The Morgan fingerprint density at radius 1 is 1.00 bits per heavy atom. The zero-order valence-corrected chi connectivity index (χ0v) is 18.8. The van der Waals surface area contributed by atoms with E-state index < -0.39 is 29.9 Å². The Morgan fingerprint density at radius 3 is 2.27 bits per heavy atom. The van der Waals surface area contributed by atoms with E-state index in [-0.39, 0.29) is 12.5 Å². The maximum atomic E-state index is 12.6. The molecule has 166 valence electrons. The lowest BCUT2D eigenvalue weighted by Crippen LogP contribution is -2.47. The number of alkyl carbamates (subject to hydrolysis) is 1. The maximum absolute atomic E-state index is 12.6. The number of carboxylic acids is 1. The molecule has 2 unspecified atom stereocenters. The van der Waals surface area contributed by atoms with Crippen molar-refractivity contribution in [2.75, 3.05) is 11.9 Å². The number of hydrogen-bond donors (Lipinski definition) is 3. The average molecular weight is 507 g/mol. The Morgan fingerprint density at radius 2 is 1.64 bits per heavy atom. The normalized spacial score (nSPS) is 16.9. The van der Waals surface area contributed by atoms with Gasteiger partial charge in [-0.05, 0) is 39.9 Å². The van der Waals surface area contributed by atoms with E-state index in [9.17, 15) is 19.5 Å². The summed E-state index contributed by atoms with van der Waals surface area (Å²) in [5, 5.41) is 14.8. The quantitative estimate of drug-likeness (QED) is 0.473. The highest BCUT2D eigenvalue weighted by Gasteiger charge is 2.42. The highest BCUT2D eigenvalue weighted by atomic mass is 79.9. The van der Waals surface area contributed by atoms with Gasteiger partial charge in [-0.25, -0.2) is 9.59 Å². The van der Waals surface area contributed by atoms with Gasteiger partial charge in [0.2, 0.25) is 5.91 Å². The number of amides is 2. The van der Waals surface area contributed by atoms with Gasteiger partial charge in [0.25, 0.3) is 0 Å². The molecule has 0 saturated carbocycles. The SMILES string of the molecule is O=C(NC(C(=O)O)C1C(=O)Nc2cc(Br)ccc21)OCC1c2ccccc2-c2ccccc21. The Kier molecular flexibility index (Phi) is 5.38. The first-order chi connectivity index (χ1) is 15.9. The fraction of sp³-hybridized carbons (Fsp3) is 0.160. The molecule has 3 aromatic rings. The third-order valence-electron chi connectivity index (χ3n) is 6.11. The van der Waals surface area contributed by atoms with Crippen LogP contribution in [0.3, 0.4) is 0 Å². The molecule has 0 bridgehead atoms. The summed E-state index contributed by atoms with van der Waals surface area (Å²) in [5.74, 6) is -3.03. The second kappa shape index (κ2) is 8.37. The van der Waals surface area contributed by atoms with E-state index in [2.05, 4.69) is 26.6 Å². The molecule has 0 fully saturated rings. The first-order valence-electron chi connectivity index (χ1n) is 10.4. The number of ether oxygens (including phenoxy) is 1. The number of carbonyl (C=O) groups excluding carboxylic acids is 2. The molecule has 0 spiro atoms. The Balaban J connectivity index is 1.33. The molecule has 0 aromatic heterocycles. The van der Waals surface area contributed by atoms with Crippen LogP contribution in [-0.2, 0) is 14.3 Å². The van der Waals surface area contributed by atoms with Crippen molar-refractivity contribution in [3.8, 4) is 11.1 Å². The van der Waals surface area contributed by atoms with Crippen molar-refractivity contribution in [3.05, 3.63) is 87.9 Å². The van der Waals surface area contributed by atoms with Gasteiger partial charge in [0.05, 0.1) is 5.92 Å². The summed E-state index contributed by atoms with van der Waals surface area (Å²) in [6.07, 6.45) is -0.886. The number of fused-ring (bicyclic) bond motifs is 4. The summed E-state index contributed by atoms with van der Waals surface area (Å²) in [7, 11) is 0. The number of rotatable bonds is 5. The van der Waals surface area contributed by atoms with Crippen molar-refractivity contribution in [1.29, 1.82) is 0 Å². The number of carboxylic acid groups (broad SMARTS) is 1. The van der Waals surface area contributed by atoms with Crippen LogP contribution in [0.25, 0.3) is 11.1 Å². The van der Waals surface area contributed by atoms with Crippen molar-refractivity contribution >= 4 is 39.6 Å². The number of aliphatic carboxylic acids is 1. The van der Waals surface area contributed by atoms with Gasteiger partial charge in [0.15, 0.2) is 0 Å². The molecule has 8 heteroatoms. The van der Waals surface area contributed by atoms with E-state index in [0.717, 1.165) is 26.7 Å². The second-order valence-corrected chi connectivity index (χ2v) is 8.90. The lowest BCUT2D eigenvalue weighted by atomic mass is 9.93. The van der Waals surface area contributed by atoms with Crippen molar-refractivity contribution in [2.45, 2.75) is 17.9 Å². The Hall–Kier alpha value is -3.65. The van der Waals surface area contributed by atoms with Crippen molar-refractivity contribution in [2.24, 2.45) is 0 Å². The number of nitrogens with one attached hydrogen (secondary N) is 2. The van der Waals surface area contributed by atoms with E-state index in [0.29, 0.717) is 11.3 Å². The Bertz CT molecular complexity index is 1250. The molecule has 2 aliphatic rings. The predicted molar refractivity (Wildman–Crippen MR) is 125 cm³/mol.